The highest BCUT2D eigenvalue weighted by atomic mass is 32.2. The van der Waals surface area contributed by atoms with Crippen molar-refractivity contribution < 1.29 is 22.7 Å². The standard InChI is InChI=1S/C19H18N4O5S/c1-19(17(24)21-18(25)22-19)13-10-12(6-7-15(13)28-2)29(26,27)23-14-5-3-4-11-8-9-20-16(11)14/h3-10,20,23H,1-2H3,(H2,21,22,24,25). The van der Waals surface area contributed by atoms with Gasteiger partial charge in [0.1, 0.15) is 11.3 Å². The van der Waals surface area contributed by atoms with E-state index >= 15 is 0 Å². The maximum absolute atomic E-state index is 13.0. The molecule has 4 N–H and O–H groups in total. The maximum atomic E-state index is 13.0. The molecule has 0 spiro atoms. The van der Waals surface area contributed by atoms with E-state index in [1.54, 1.807) is 18.3 Å². The number of fused-ring (bicyclic) bond motifs is 1. The van der Waals surface area contributed by atoms with Gasteiger partial charge in [-0.25, -0.2) is 13.2 Å². The second-order valence-electron chi connectivity index (χ2n) is 6.75. The van der Waals surface area contributed by atoms with Crippen LogP contribution in [0.5, 0.6) is 5.75 Å². The van der Waals surface area contributed by atoms with Crippen LogP contribution >= 0.6 is 0 Å². The number of hydrogen-bond acceptors (Lipinski definition) is 5. The number of hydrogen-bond donors (Lipinski definition) is 4. The van der Waals surface area contributed by atoms with Gasteiger partial charge in [-0.1, -0.05) is 12.1 Å². The fourth-order valence-corrected chi connectivity index (χ4v) is 4.45. The van der Waals surface area contributed by atoms with E-state index in [1.165, 1.54) is 32.2 Å². The number of urea groups is 1. The number of carbonyl (C=O) groups excluding carboxylic acids is 2. The van der Waals surface area contributed by atoms with Crippen LogP contribution in [0.2, 0.25) is 0 Å². The zero-order valence-electron chi connectivity index (χ0n) is 15.6. The third-order valence-electron chi connectivity index (χ3n) is 4.90. The number of carbonyl (C=O) groups is 2. The van der Waals surface area contributed by atoms with Crippen LogP contribution in [0.3, 0.4) is 0 Å². The quantitative estimate of drug-likeness (QED) is 0.475. The zero-order valence-corrected chi connectivity index (χ0v) is 16.4. The van der Waals surface area contributed by atoms with E-state index < -0.39 is 27.5 Å². The van der Waals surface area contributed by atoms with Gasteiger partial charge in [-0.2, -0.15) is 0 Å². The Kier molecular flexibility index (Phi) is 4.23. The molecular weight excluding hydrogens is 396 g/mol. The molecule has 3 amide bonds. The Labute approximate surface area is 166 Å². The van der Waals surface area contributed by atoms with Gasteiger partial charge in [-0.3, -0.25) is 14.8 Å². The van der Waals surface area contributed by atoms with Gasteiger partial charge in [0, 0.05) is 17.1 Å². The summed E-state index contributed by atoms with van der Waals surface area (Å²) in [6.45, 7) is 1.48. The number of rotatable bonds is 5. The lowest BCUT2D eigenvalue weighted by Gasteiger charge is -2.24. The van der Waals surface area contributed by atoms with Gasteiger partial charge < -0.3 is 15.0 Å². The summed E-state index contributed by atoms with van der Waals surface area (Å²) in [5, 5.41) is 5.54. The molecule has 9 nitrogen and oxygen atoms in total. The average Bonchev–Trinajstić information content (AvgIpc) is 3.26. The minimum Gasteiger partial charge on any atom is -0.496 e. The lowest BCUT2D eigenvalue weighted by atomic mass is 9.91. The van der Waals surface area contributed by atoms with Gasteiger partial charge in [-0.15, -0.1) is 0 Å². The maximum Gasteiger partial charge on any atom is 0.322 e. The summed E-state index contributed by atoms with van der Waals surface area (Å²) in [7, 11) is -2.59. The molecule has 1 saturated heterocycles. The van der Waals surface area contributed by atoms with Crippen LogP contribution in [0.4, 0.5) is 10.5 Å². The Balaban J connectivity index is 1.78. The molecule has 1 unspecified atom stereocenters. The van der Waals surface area contributed by atoms with Crippen molar-refractivity contribution in [2.24, 2.45) is 0 Å². The molecule has 2 heterocycles. The fraction of sp³-hybridized carbons (Fsp3) is 0.158. The number of anilines is 1. The summed E-state index contributed by atoms with van der Waals surface area (Å²) in [6.07, 6.45) is 1.72. The summed E-state index contributed by atoms with van der Waals surface area (Å²) in [6, 6.07) is 10.6. The van der Waals surface area contributed by atoms with Gasteiger partial charge in [0.2, 0.25) is 0 Å². The van der Waals surface area contributed by atoms with Crippen molar-refractivity contribution in [3.8, 4) is 5.75 Å². The van der Waals surface area contributed by atoms with Crippen molar-refractivity contribution in [2.75, 3.05) is 11.8 Å². The first kappa shape index (κ1) is 18.8. The molecule has 1 fully saturated rings. The molecule has 10 heteroatoms. The van der Waals surface area contributed by atoms with Crippen molar-refractivity contribution in [2.45, 2.75) is 17.4 Å². The molecule has 1 aliphatic heterocycles. The number of nitrogens with one attached hydrogen (secondary N) is 4. The number of aromatic amines is 1. The summed E-state index contributed by atoms with van der Waals surface area (Å²) >= 11 is 0. The van der Waals surface area contributed by atoms with Crippen LogP contribution in [0, 0.1) is 0 Å². The van der Waals surface area contributed by atoms with Crippen LogP contribution in [0.25, 0.3) is 10.9 Å². The Hall–Kier alpha value is -3.53. The Bertz CT molecular complexity index is 1250. The lowest BCUT2D eigenvalue weighted by Crippen LogP contribution is -2.41. The minimum atomic E-state index is -3.99. The first-order chi connectivity index (χ1) is 13.7. The van der Waals surface area contributed by atoms with Gasteiger partial charge in [0.05, 0.1) is 23.2 Å². The molecule has 1 aliphatic rings. The van der Waals surface area contributed by atoms with Gasteiger partial charge in [-0.05, 0) is 37.3 Å². The Morgan fingerprint density at radius 3 is 2.59 bits per heavy atom. The summed E-state index contributed by atoms with van der Waals surface area (Å²) < 4.78 is 33.9. The topological polar surface area (TPSA) is 129 Å². The van der Waals surface area contributed by atoms with E-state index in [0.717, 1.165) is 5.39 Å². The average molecular weight is 414 g/mol. The first-order valence-electron chi connectivity index (χ1n) is 8.65. The number of ether oxygens (including phenoxy) is 1. The van der Waals surface area contributed by atoms with Gasteiger partial charge in [0.25, 0.3) is 15.9 Å². The Morgan fingerprint density at radius 1 is 1.10 bits per heavy atom. The predicted molar refractivity (Wildman–Crippen MR) is 106 cm³/mol. The molecule has 1 atom stereocenters. The zero-order chi connectivity index (χ0) is 20.8. The SMILES string of the molecule is COc1ccc(S(=O)(=O)Nc2cccc3cc[nH]c23)cc1C1(C)NC(=O)NC1=O. The number of amides is 3. The van der Waals surface area contributed by atoms with E-state index in [4.69, 9.17) is 4.74 Å². The molecule has 3 aromatic rings. The molecule has 0 radical (unpaired) electrons. The second kappa shape index (κ2) is 6.52. The highest BCUT2D eigenvalue weighted by Gasteiger charge is 2.45. The fourth-order valence-electron chi connectivity index (χ4n) is 3.35. The van der Waals surface area contributed by atoms with Crippen molar-refractivity contribution in [3.05, 3.63) is 54.2 Å². The van der Waals surface area contributed by atoms with Crippen molar-refractivity contribution >= 4 is 38.6 Å². The highest BCUT2D eigenvalue weighted by Crippen LogP contribution is 2.35. The largest absolute Gasteiger partial charge is 0.496 e. The molecule has 4 rings (SSSR count). The van der Waals surface area contributed by atoms with Crippen molar-refractivity contribution in [3.63, 3.8) is 0 Å². The minimum absolute atomic E-state index is 0.0768. The molecule has 29 heavy (non-hydrogen) atoms. The second-order valence-corrected chi connectivity index (χ2v) is 8.43. The summed E-state index contributed by atoms with van der Waals surface area (Å²) in [5.74, 6) is -0.324. The molecule has 150 valence electrons. The van der Waals surface area contributed by atoms with E-state index in [0.29, 0.717) is 11.2 Å². The number of methoxy groups -OCH3 is 1. The molecule has 0 aliphatic carbocycles. The van der Waals surface area contributed by atoms with E-state index in [9.17, 15) is 18.0 Å². The number of H-pyrrole nitrogens is 1. The number of sulfonamides is 1. The monoisotopic (exact) mass is 414 g/mol. The van der Waals surface area contributed by atoms with Gasteiger partial charge >= 0.3 is 6.03 Å². The summed E-state index contributed by atoms with van der Waals surface area (Å²) in [5.41, 5.74) is -0.195. The third kappa shape index (κ3) is 3.07. The first-order valence-corrected chi connectivity index (χ1v) is 10.1. The van der Waals surface area contributed by atoms with Crippen molar-refractivity contribution in [1.82, 2.24) is 15.6 Å². The smallest absolute Gasteiger partial charge is 0.322 e. The lowest BCUT2D eigenvalue weighted by molar-refractivity contribution is -0.123. The Morgan fingerprint density at radius 2 is 1.90 bits per heavy atom. The molecule has 0 saturated carbocycles. The van der Waals surface area contributed by atoms with E-state index in [2.05, 4.69) is 20.3 Å². The number of imide groups is 1. The highest BCUT2D eigenvalue weighted by molar-refractivity contribution is 7.92. The van der Waals surface area contributed by atoms with E-state index in [-0.39, 0.29) is 16.2 Å². The number of benzene rings is 2. The van der Waals surface area contributed by atoms with Crippen LogP contribution in [-0.4, -0.2) is 32.4 Å². The van der Waals surface area contributed by atoms with Gasteiger partial charge in [0.15, 0.2) is 0 Å². The number of para-hydroxylation sites is 1. The molecule has 1 aromatic heterocycles. The van der Waals surface area contributed by atoms with Crippen LogP contribution in [-0.2, 0) is 20.4 Å². The molecule has 0 bridgehead atoms. The van der Waals surface area contributed by atoms with Crippen LogP contribution in [0.1, 0.15) is 12.5 Å². The summed E-state index contributed by atoms with van der Waals surface area (Å²) in [4.78, 5) is 26.9. The molecular formula is C19H18N4O5S. The van der Waals surface area contributed by atoms with E-state index in [1.807, 2.05) is 12.1 Å². The molecule has 2 aromatic carbocycles. The van der Waals surface area contributed by atoms with Crippen LogP contribution in [0.15, 0.2) is 53.6 Å². The van der Waals surface area contributed by atoms with Crippen LogP contribution < -0.4 is 20.1 Å². The number of aromatic nitrogens is 1. The third-order valence-corrected chi connectivity index (χ3v) is 6.26. The predicted octanol–water partition coefficient (Wildman–Crippen LogP) is 2.03. The normalized spacial score (nSPS) is 19.1. The van der Waals surface area contributed by atoms with Crippen molar-refractivity contribution in [1.29, 1.82) is 0 Å².